The summed E-state index contributed by atoms with van der Waals surface area (Å²) in [5.41, 5.74) is 2.02. The lowest BCUT2D eigenvalue weighted by Crippen LogP contribution is -2.49. The monoisotopic (exact) mass is 342 g/mol. The Labute approximate surface area is 146 Å². The molecule has 1 fully saturated rings. The molecule has 1 heterocycles. The minimum atomic E-state index is -0.540. The van der Waals surface area contributed by atoms with Crippen LogP contribution in [0.1, 0.15) is 36.8 Å². The Morgan fingerprint density at radius 3 is 2.54 bits per heavy atom. The summed E-state index contributed by atoms with van der Waals surface area (Å²) in [6.45, 7) is 1.87. The van der Waals surface area contributed by atoms with Crippen LogP contribution in [-0.2, 0) is 16.0 Å². The van der Waals surface area contributed by atoms with Crippen LogP contribution < -0.4 is 10.6 Å². The summed E-state index contributed by atoms with van der Waals surface area (Å²) in [7, 11) is 0. The van der Waals surface area contributed by atoms with Crippen molar-refractivity contribution in [1.82, 2.24) is 10.6 Å². The summed E-state index contributed by atoms with van der Waals surface area (Å²) in [6.07, 6.45) is 2.56. The normalized spacial score (nSPS) is 16.2. The van der Waals surface area contributed by atoms with Gasteiger partial charge in [-0.2, -0.15) is 11.3 Å². The second-order valence-corrected chi connectivity index (χ2v) is 7.09. The van der Waals surface area contributed by atoms with E-state index in [-0.39, 0.29) is 23.8 Å². The van der Waals surface area contributed by atoms with Crippen LogP contribution in [0, 0.1) is 0 Å². The van der Waals surface area contributed by atoms with Crippen molar-refractivity contribution in [3.63, 3.8) is 0 Å². The van der Waals surface area contributed by atoms with Crippen molar-refractivity contribution < 1.29 is 9.59 Å². The predicted octanol–water partition coefficient (Wildman–Crippen LogP) is 2.86. The highest BCUT2D eigenvalue weighted by molar-refractivity contribution is 7.08. The molecule has 1 aromatic carbocycles. The maximum absolute atomic E-state index is 12.6. The number of thiophene rings is 1. The minimum absolute atomic E-state index is 0.0905. The van der Waals surface area contributed by atoms with Gasteiger partial charge in [-0.25, -0.2) is 0 Å². The first-order chi connectivity index (χ1) is 11.6. The second kappa shape index (κ2) is 7.62. The molecule has 1 aromatic heterocycles. The number of carbonyl (C=O) groups excluding carboxylic acids is 2. The number of benzene rings is 1. The lowest BCUT2D eigenvalue weighted by atomic mass is 10.0. The van der Waals surface area contributed by atoms with E-state index in [0.29, 0.717) is 6.42 Å². The maximum Gasteiger partial charge on any atom is 0.243 e. The molecule has 0 aliphatic heterocycles. The van der Waals surface area contributed by atoms with Crippen LogP contribution in [-0.4, -0.2) is 23.9 Å². The van der Waals surface area contributed by atoms with Gasteiger partial charge in [0.25, 0.3) is 0 Å². The SMILES string of the molecule is C[C@@H](C(=O)N[C@H](Cc1ccccc1)C(=O)NC1CC1)c1ccsc1. The highest BCUT2D eigenvalue weighted by Crippen LogP contribution is 2.20. The van der Waals surface area contributed by atoms with Crippen LogP contribution in [0.15, 0.2) is 47.2 Å². The molecule has 1 aliphatic carbocycles. The average molecular weight is 342 g/mol. The van der Waals surface area contributed by atoms with Gasteiger partial charge in [-0.05, 0) is 47.7 Å². The van der Waals surface area contributed by atoms with Gasteiger partial charge in [0, 0.05) is 12.5 Å². The molecule has 4 nitrogen and oxygen atoms in total. The Hall–Kier alpha value is -2.14. The van der Waals surface area contributed by atoms with E-state index in [9.17, 15) is 9.59 Å². The number of rotatable bonds is 7. The highest BCUT2D eigenvalue weighted by atomic mass is 32.1. The fourth-order valence-electron chi connectivity index (χ4n) is 2.56. The van der Waals surface area contributed by atoms with Crippen molar-refractivity contribution in [2.75, 3.05) is 0 Å². The zero-order valence-electron chi connectivity index (χ0n) is 13.7. The molecule has 1 aliphatic rings. The summed E-state index contributed by atoms with van der Waals surface area (Å²) in [5.74, 6) is -0.462. The van der Waals surface area contributed by atoms with Crippen LogP contribution in [0.2, 0.25) is 0 Å². The lowest BCUT2D eigenvalue weighted by Gasteiger charge is -2.20. The fourth-order valence-corrected chi connectivity index (χ4v) is 3.31. The van der Waals surface area contributed by atoms with Gasteiger partial charge in [0.05, 0.1) is 5.92 Å². The average Bonchev–Trinajstić information content (AvgIpc) is 3.23. The number of hydrogen-bond acceptors (Lipinski definition) is 3. The molecule has 0 radical (unpaired) electrons. The van der Waals surface area contributed by atoms with E-state index >= 15 is 0 Å². The summed E-state index contributed by atoms with van der Waals surface area (Å²) in [6, 6.07) is 11.5. The van der Waals surface area contributed by atoms with Gasteiger partial charge in [-0.1, -0.05) is 30.3 Å². The van der Waals surface area contributed by atoms with Gasteiger partial charge in [0.2, 0.25) is 11.8 Å². The molecule has 0 spiro atoms. The molecule has 0 bridgehead atoms. The zero-order valence-corrected chi connectivity index (χ0v) is 14.5. The van der Waals surface area contributed by atoms with Gasteiger partial charge in [0.15, 0.2) is 0 Å². The molecular weight excluding hydrogens is 320 g/mol. The Kier molecular flexibility index (Phi) is 5.30. The molecule has 1 saturated carbocycles. The van der Waals surface area contributed by atoms with E-state index in [4.69, 9.17) is 0 Å². The van der Waals surface area contributed by atoms with Gasteiger partial charge in [0.1, 0.15) is 6.04 Å². The molecule has 2 atom stereocenters. The summed E-state index contributed by atoms with van der Waals surface area (Å²) in [4.78, 5) is 25.1. The maximum atomic E-state index is 12.6. The smallest absolute Gasteiger partial charge is 0.243 e. The molecule has 5 heteroatoms. The molecular formula is C19H22N2O2S. The second-order valence-electron chi connectivity index (χ2n) is 6.31. The van der Waals surface area contributed by atoms with Crippen molar-refractivity contribution in [1.29, 1.82) is 0 Å². The summed E-state index contributed by atoms with van der Waals surface area (Å²) in [5, 5.41) is 9.87. The van der Waals surface area contributed by atoms with Crippen molar-refractivity contribution in [3.05, 3.63) is 58.3 Å². The Balaban J connectivity index is 1.68. The van der Waals surface area contributed by atoms with Crippen molar-refractivity contribution in [2.45, 2.75) is 44.2 Å². The molecule has 0 unspecified atom stereocenters. The quantitative estimate of drug-likeness (QED) is 0.813. The van der Waals surface area contributed by atoms with Gasteiger partial charge in [-0.15, -0.1) is 0 Å². The third-order valence-electron chi connectivity index (χ3n) is 4.28. The zero-order chi connectivity index (χ0) is 16.9. The molecule has 2 N–H and O–H groups in total. The first kappa shape index (κ1) is 16.7. The predicted molar refractivity (Wildman–Crippen MR) is 96.0 cm³/mol. The molecule has 0 saturated heterocycles. The Morgan fingerprint density at radius 2 is 1.92 bits per heavy atom. The van der Waals surface area contributed by atoms with E-state index in [1.807, 2.05) is 54.1 Å². The van der Waals surface area contributed by atoms with Gasteiger partial charge < -0.3 is 10.6 Å². The van der Waals surface area contributed by atoms with Crippen LogP contribution in [0.4, 0.5) is 0 Å². The van der Waals surface area contributed by atoms with Gasteiger partial charge >= 0.3 is 0 Å². The number of hydrogen-bond donors (Lipinski definition) is 2. The Bertz CT molecular complexity index is 681. The van der Waals surface area contributed by atoms with E-state index in [2.05, 4.69) is 10.6 Å². The van der Waals surface area contributed by atoms with Crippen LogP contribution in [0.3, 0.4) is 0 Å². The van der Waals surface area contributed by atoms with E-state index in [1.165, 1.54) is 0 Å². The summed E-state index contributed by atoms with van der Waals surface area (Å²) < 4.78 is 0. The lowest BCUT2D eigenvalue weighted by molar-refractivity contribution is -0.129. The first-order valence-electron chi connectivity index (χ1n) is 8.30. The van der Waals surface area contributed by atoms with E-state index < -0.39 is 6.04 Å². The largest absolute Gasteiger partial charge is 0.352 e. The third kappa shape index (κ3) is 4.45. The van der Waals surface area contributed by atoms with Crippen molar-refractivity contribution in [2.24, 2.45) is 0 Å². The number of carbonyl (C=O) groups is 2. The van der Waals surface area contributed by atoms with Crippen LogP contribution in [0.5, 0.6) is 0 Å². The van der Waals surface area contributed by atoms with E-state index in [0.717, 1.165) is 24.0 Å². The van der Waals surface area contributed by atoms with Crippen LogP contribution in [0.25, 0.3) is 0 Å². The topological polar surface area (TPSA) is 58.2 Å². The Morgan fingerprint density at radius 1 is 1.17 bits per heavy atom. The highest BCUT2D eigenvalue weighted by Gasteiger charge is 2.29. The van der Waals surface area contributed by atoms with Crippen LogP contribution >= 0.6 is 11.3 Å². The van der Waals surface area contributed by atoms with Crippen molar-refractivity contribution in [3.8, 4) is 0 Å². The minimum Gasteiger partial charge on any atom is -0.352 e. The molecule has 24 heavy (non-hydrogen) atoms. The standard InChI is InChI=1S/C19H22N2O2S/c1-13(15-9-10-24-12-15)18(22)21-17(19(23)20-16-7-8-16)11-14-5-3-2-4-6-14/h2-6,9-10,12-13,16-17H,7-8,11H2,1H3,(H,20,23)(H,21,22)/t13-,17-/m1/s1. The summed E-state index contributed by atoms with van der Waals surface area (Å²) >= 11 is 1.57. The number of nitrogens with one attached hydrogen (secondary N) is 2. The number of amides is 2. The molecule has 126 valence electrons. The molecule has 2 amide bonds. The van der Waals surface area contributed by atoms with E-state index in [1.54, 1.807) is 11.3 Å². The fraction of sp³-hybridized carbons (Fsp3) is 0.368. The molecule has 3 rings (SSSR count). The van der Waals surface area contributed by atoms with Crippen molar-refractivity contribution >= 4 is 23.2 Å². The molecule has 2 aromatic rings. The first-order valence-corrected chi connectivity index (χ1v) is 9.24. The van der Waals surface area contributed by atoms with Gasteiger partial charge in [-0.3, -0.25) is 9.59 Å². The third-order valence-corrected chi connectivity index (χ3v) is 4.98.